The Labute approximate surface area is 235 Å². The smallest absolute Gasteiger partial charge is 0.328 e. The quantitative estimate of drug-likeness (QED) is 0.282. The molecule has 2 aliphatic rings. The third-order valence-corrected chi connectivity index (χ3v) is 7.49. The summed E-state index contributed by atoms with van der Waals surface area (Å²) >= 11 is 1.24. The van der Waals surface area contributed by atoms with Crippen LogP contribution in [0.3, 0.4) is 0 Å². The molecule has 0 aromatic carbocycles. The summed E-state index contributed by atoms with van der Waals surface area (Å²) < 4.78 is 0. The third-order valence-electron chi connectivity index (χ3n) is 6.55. The van der Waals surface area contributed by atoms with E-state index in [1.807, 2.05) is 24.1 Å². The molecule has 2 aromatic rings. The van der Waals surface area contributed by atoms with Gasteiger partial charge in [-0.1, -0.05) is 0 Å². The van der Waals surface area contributed by atoms with Crippen LogP contribution in [0.1, 0.15) is 33.6 Å². The second kappa shape index (κ2) is 13.2. The van der Waals surface area contributed by atoms with Crippen LogP contribution in [0.2, 0.25) is 0 Å². The molecule has 4 rings (SSSR count). The van der Waals surface area contributed by atoms with Gasteiger partial charge in [0, 0.05) is 56.3 Å². The van der Waals surface area contributed by atoms with Crippen molar-refractivity contribution in [2.75, 3.05) is 66.8 Å². The highest BCUT2D eigenvalue weighted by Gasteiger charge is 2.28. The molecule has 2 aromatic heterocycles. The Bertz CT molecular complexity index is 1350. The number of amides is 3. The highest BCUT2D eigenvalue weighted by molar-refractivity contribution is 7.99. The molecule has 0 bridgehead atoms. The number of aromatic nitrogens is 2. The van der Waals surface area contributed by atoms with Gasteiger partial charge in [0.15, 0.2) is 6.29 Å². The highest BCUT2D eigenvalue weighted by Crippen LogP contribution is 2.29. The number of carboxylic acids is 1. The minimum atomic E-state index is -0.896. The van der Waals surface area contributed by atoms with Crippen LogP contribution in [0.4, 0.5) is 22.1 Å². The molecule has 3 N–H and O–H groups in total. The summed E-state index contributed by atoms with van der Waals surface area (Å²) in [6.45, 7) is 2.74. The second-order valence-corrected chi connectivity index (χ2v) is 10.6. The Morgan fingerprint density at radius 2 is 2.10 bits per heavy atom. The minimum absolute atomic E-state index is 0.00730. The summed E-state index contributed by atoms with van der Waals surface area (Å²) in [4.78, 5) is 62.2. The van der Waals surface area contributed by atoms with Crippen LogP contribution >= 0.6 is 11.8 Å². The first kappa shape index (κ1) is 28.8. The minimum Gasteiger partial charge on any atom is -0.481 e. The molecule has 1 saturated heterocycles. The summed E-state index contributed by atoms with van der Waals surface area (Å²) in [6.07, 6.45) is 3.37. The van der Waals surface area contributed by atoms with Crippen molar-refractivity contribution in [1.82, 2.24) is 19.8 Å². The predicted molar refractivity (Wildman–Crippen MR) is 150 cm³/mol. The van der Waals surface area contributed by atoms with Crippen molar-refractivity contribution in [2.24, 2.45) is 0 Å². The normalized spacial score (nSPS) is 15.2. The molecular formula is C26H30N8O5S. The van der Waals surface area contributed by atoms with Crippen LogP contribution in [-0.4, -0.2) is 100 Å². The summed E-state index contributed by atoms with van der Waals surface area (Å²) in [6, 6.07) is 4.97. The number of carbonyl (C=O) groups excluding carboxylic acids is 3. The number of carbonyl (C=O) groups is 4. The molecule has 3 amide bonds. The van der Waals surface area contributed by atoms with Gasteiger partial charge in [0.25, 0.3) is 0 Å². The first-order chi connectivity index (χ1) is 19.3. The van der Waals surface area contributed by atoms with E-state index < -0.39 is 12.0 Å². The number of urea groups is 1. The van der Waals surface area contributed by atoms with E-state index in [4.69, 9.17) is 5.11 Å². The third kappa shape index (κ3) is 7.04. The lowest BCUT2D eigenvalue weighted by atomic mass is 10.0. The largest absolute Gasteiger partial charge is 0.481 e. The number of aliphatic carboxylic acids is 1. The number of aldehydes is 1. The van der Waals surface area contributed by atoms with Gasteiger partial charge in [-0.2, -0.15) is 5.26 Å². The number of nitrogens with zero attached hydrogens (tertiary/aromatic N) is 6. The number of thioether (sulfide) groups is 1. The number of hydrogen-bond acceptors (Lipinski definition) is 10. The van der Waals surface area contributed by atoms with Crippen LogP contribution in [0.25, 0.3) is 0 Å². The first-order valence-electron chi connectivity index (χ1n) is 12.8. The van der Waals surface area contributed by atoms with E-state index >= 15 is 0 Å². The molecule has 0 radical (unpaired) electrons. The van der Waals surface area contributed by atoms with Crippen molar-refractivity contribution >= 4 is 53.3 Å². The zero-order valence-corrected chi connectivity index (χ0v) is 22.9. The fraction of sp³-hybridized carbons (Fsp3) is 0.423. The first-order valence-corrected chi connectivity index (χ1v) is 13.9. The topological polar surface area (TPSA) is 172 Å². The number of aryl methyl sites for hydroxylation is 1. The lowest BCUT2D eigenvalue weighted by molar-refractivity contribution is -0.136. The van der Waals surface area contributed by atoms with E-state index in [1.54, 1.807) is 11.0 Å². The number of likely N-dealkylation sites (N-methyl/N-ethyl adjacent to an activating group) is 1. The molecule has 0 spiro atoms. The van der Waals surface area contributed by atoms with E-state index in [2.05, 4.69) is 20.6 Å². The van der Waals surface area contributed by atoms with E-state index in [0.717, 1.165) is 12.1 Å². The number of rotatable bonds is 10. The lowest BCUT2D eigenvalue weighted by Crippen LogP contribution is -2.48. The van der Waals surface area contributed by atoms with Gasteiger partial charge in [0.1, 0.15) is 23.4 Å². The molecule has 1 fully saturated rings. The molecular weight excluding hydrogens is 536 g/mol. The van der Waals surface area contributed by atoms with E-state index in [-0.39, 0.29) is 35.3 Å². The Balaban J connectivity index is 1.47. The second-order valence-electron chi connectivity index (χ2n) is 9.47. The van der Waals surface area contributed by atoms with Gasteiger partial charge in [-0.15, -0.1) is 11.8 Å². The number of piperazine rings is 1. The molecule has 0 saturated carbocycles. The number of pyridine rings is 2. The summed E-state index contributed by atoms with van der Waals surface area (Å²) in [7, 11) is 1.89. The Kier molecular flexibility index (Phi) is 9.52. The maximum Gasteiger partial charge on any atom is 0.328 e. The molecule has 2 aliphatic heterocycles. The Morgan fingerprint density at radius 1 is 1.27 bits per heavy atom. The number of nitrogens with one attached hydrogen (secondary N) is 2. The van der Waals surface area contributed by atoms with Crippen molar-refractivity contribution < 1.29 is 24.3 Å². The van der Waals surface area contributed by atoms with Crippen molar-refractivity contribution in [2.45, 2.75) is 19.4 Å². The maximum atomic E-state index is 13.3. The van der Waals surface area contributed by atoms with Crippen molar-refractivity contribution in [3.63, 3.8) is 0 Å². The molecule has 13 nitrogen and oxygen atoms in total. The molecule has 40 heavy (non-hydrogen) atoms. The van der Waals surface area contributed by atoms with Gasteiger partial charge in [-0.25, -0.2) is 14.8 Å². The summed E-state index contributed by atoms with van der Waals surface area (Å²) in [5.74, 6) is 0.205. The van der Waals surface area contributed by atoms with Crippen LogP contribution in [0.15, 0.2) is 18.3 Å². The zero-order valence-electron chi connectivity index (χ0n) is 22.1. The zero-order chi connectivity index (χ0) is 28.6. The van der Waals surface area contributed by atoms with Gasteiger partial charge in [0.2, 0.25) is 5.91 Å². The van der Waals surface area contributed by atoms with Crippen molar-refractivity contribution in [1.29, 1.82) is 5.26 Å². The lowest BCUT2D eigenvalue weighted by Gasteiger charge is -2.33. The van der Waals surface area contributed by atoms with Gasteiger partial charge in [-0.3, -0.25) is 29.5 Å². The van der Waals surface area contributed by atoms with Crippen LogP contribution in [0.5, 0.6) is 0 Å². The van der Waals surface area contributed by atoms with E-state index in [0.29, 0.717) is 68.1 Å². The van der Waals surface area contributed by atoms with Crippen LogP contribution in [-0.2, 0) is 22.6 Å². The van der Waals surface area contributed by atoms with Gasteiger partial charge in [0.05, 0.1) is 23.5 Å². The van der Waals surface area contributed by atoms with E-state index in [1.165, 1.54) is 22.9 Å². The molecule has 0 atom stereocenters. The van der Waals surface area contributed by atoms with Crippen molar-refractivity contribution in [3.05, 3.63) is 40.7 Å². The average molecular weight is 567 g/mol. The van der Waals surface area contributed by atoms with Crippen LogP contribution in [0, 0.1) is 11.3 Å². The monoisotopic (exact) mass is 566 g/mol. The molecule has 210 valence electrons. The summed E-state index contributed by atoms with van der Waals surface area (Å²) in [5, 5.41) is 24.0. The number of anilines is 3. The molecule has 4 heterocycles. The predicted octanol–water partition coefficient (Wildman–Crippen LogP) is 1.65. The van der Waals surface area contributed by atoms with E-state index in [9.17, 15) is 24.4 Å². The summed E-state index contributed by atoms with van der Waals surface area (Å²) in [5.41, 5.74) is 2.41. The Hall–Kier alpha value is -4.22. The highest BCUT2D eigenvalue weighted by atomic mass is 32.2. The average Bonchev–Trinajstić information content (AvgIpc) is 2.93. The molecule has 0 unspecified atom stereocenters. The molecule has 14 heteroatoms. The number of nitriles is 1. The Morgan fingerprint density at radius 3 is 2.83 bits per heavy atom. The standard InChI is InChI=1S/C26H30N8O5S/c1-32-6-7-33(23(36)14-32)13-18-9-17-3-2-5-34(25(17)30-21(18)15-35)26(39)31-22-10-20(19(11-27)12-29-22)28-4-8-40-16-24(37)38/h9-10,12,15H,2-8,13-14,16H2,1H3,(H,37,38)(H2,28,29,31,39). The van der Waals surface area contributed by atoms with Gasteiger partial charge in [-0.05, 0) is 31.5 Å². The van der Waals surface area contributed by atoms with Crippen LogP contribution < -0.4 is 15.5 Å². The van der Waals surface area contributed by atoms with Gasteiger partial charge >= 0.3 is 12.0 Å². The fourth-order valence-corrected chi connectivity index (χ4v) is 5.10. The maximum absolute atomic E-state index is 13.3. The fourth-order valence-electron chi connectivity index (χ4n) is 4.54. The number of carboxylic acid groups (broad SMARTS) is 1. The number of fused-ring (bicyclic) bond motifs is 1. The molecule has 0 aliphatic carbocycles. The van der Waals surface area contributed by atoms with Gasteiger partial charge < -0.3 is 15.3 Å². The van der Waals surface area contributed by atoms with Crippen molar-refractivity contribution in [3.8, 4) is 6.07 Å². The number of hydrogen-bond donors (Lipinski definition) is 3. The SMILES string of the molecule is CN1CCN(Cc2cc3c(nc2C=O)N(C(=O)Nc2cc(NCCSCC(=O)O)c(C#N)cn2)CCC3)C(=O)C1.